The molecule has 3 unspecified atom stereocenters. The highest BCUT2D eigenvalue weighted by atomic mass is 32.2. The van der Waals surface area contributed by atoms with Crippen LogP contribution in [-0.2, 0) is 31.6 Å². The molecule has 0 fully saturated rings. The highest BCUT2D eigenvalue weighted by molar-refractivity contribution is 7.84. The summed E-state index contributed by atoms with van der Waals surface area (Å²) in [6, 6.07) is 7.94. The molecule has 0 aliphatic heterocycles. The van der Waals surface area contributed by atoms with Crippen LogP contribution in [0.25, 0.3) is 0 Å². The number of ketones is 1. The predicted molar refractivity (Wildman–Crippen MR) is 223 cm³/mol. The van der Waals surface area contributed by atoms with E-state index in [4.69, 9.17) is 10.2 Å². The Labute approximate surface area is 323 Å². The van der Waals surface area contributed by atoms with Crippen LogP contribution in [0, 0.1) is 5.92 Å². The van der Waals surface area contributed by atoms with E-state index in [1.54, 1.807) is 18.4 Å². The molecule has 1 aliphatic rings. The molecule has 53 heavy (non-hydrogen) atoms. The number of amides is 1. The van der Waals surface area contributed by atoms with Gasteiger partial charge in [0.2, 0.25) is 5.91 Å². The Morgan fingerprint density at radius 3 is 2.23 bits per heavy atom. The fraction of sp³-hybridized carbons (Fsp3) is 0.568. The van der Waals surface area contributed by atoms with Gasteiger partial charge in [0.15, 0.2) is 5.78 Å². The summed E-state index contributed by atoms with van der Waals surface area (Å²) >= 11 is 0. The van der Waals surface area contributed by atoms with Gasteiger partial charge in [0.25, 0.3) is 0 Å². The molecule has 1 aliphatic carbocycles. The Balaban J connectivity index is 0. The van der Waals surface area contributed by atoms with Gasteiger partial charge in [0.05, 0.1) is 0 Å². The maximum Gasteiger partial charge on any atom is 0.314 e. The number of allylic oxidation sites excluding steroid dienone is 9. The van der Waals surface area contributed by atoms with E-state index in [9.17, 15) is 23.0 Å². The van der Waals surface area contributed by atoms with Crippen molar-refractivity contribution < 1.29 is 33.2 Å². The van der Waals surface area contributed by atoms with Crippen LogP contribution in [0.2, 0.25) is 0 Å². The molecule has 7 nitrogen and oxygen atoms in total. The predicted octanol–water partition coefficient (Wildman–Crippen LogP) is 10.8. The first-order valence-corrected chi connectivity index (χ1v) is 21.3. The number of carbonyl (C=O) groups excluding carboxylic acids is 2. The summed E-state index contributed by atoms with van der Waals surface area (Å²) in [5, 5.41) is 21.0. The zero-order chi connectivity index (χ0) is 40.4. The van der Waals surface area contributed by atoms with Gasteiger partial charge in [-0.1, -0.05) is 120 Å². The number of unbranched alkanes of at least 4 members (excludes halogenated alkanes) is 3. The molecule has 0 saturated heterocycles. The number of benzene rings is 1. The van der Waals surface area contributed by atoms with Gasteiger partial charge in [-0.25, -0.2) is 4.39 Å². The molecule has 3 atom stereocenters. The van der Waals surface area contributed by atoms with Crippen LogP contribution < -0.4 is 5.32 Å². The van der Waals surface area contributed by atoms with Crippen LogP contribution in [0.1, 0.15) is 131 Å². The Kier molecular flexibility index (Phi) is 33.5. The first-order chi connectivity index (χ1) is 25.5. The number of carboxylic acids is 1. The number of carbonyl (C=O) groups is 3. The number of alkyl halides is 1. The molecule has 0 aromatic heterocycles. The van der Waals surface area contributed by atoms with Crippen LogP contribution in [-0.4, -0.2) is 56.9 Å². The van der Waals surface area contributed by atoms with E-state index in [1.807, 2.05) is 77.1 Å². The number of aliphatic carboxylic acids is 1. The Hall–Kier alpha value is -3.43. The lowest BCUT2D eigenvalue weighted by Crippen LogP contribution is -2.26. The van der Waals surface area contributed by atoms with Crippen molar-refractivity contribution in [1.82, 2.24) is 0 Å². The smallest absolute Gasteiger partial charge is 0.314 e. The van der Waals surface area contributed by atoms with Crippen molar-refractivity contribution in [2.45, 2.75) is 138 Å². The van der Waals surface area contributed by atoms with Crippen molar-refractivity contribution in [2.75, 3.05) is 23.9 Å². The molecule has 0 bridgehead atoms. The van der Waals surface area contributed by atoms with Gasteiger partial charge in [-0.05, 0) is 94.4 Å². The molecule has 1 amide bonds. The minimum Gasteiger partial charge on any atom is -0.481 e. The monoisotopic (exact) mass is 759 g/mol. The normalized spacial score (nSPS) is 15.0. The maximum atomic E-state index is 12.7. The average Bonchev–Trinajstić information content (AvgIpc) is 3.37. The fourth-order valence-corrected chi connectivity index (χ4v) is 5.81. The zero-order valence-electron chi connectivity index (χ0n) is 33.8. The second-order valence-corrected chi connectivity index (χ2v) is 14.1. The van der Waals surface area contributed by atoms with Crippen LogP contribution >= 0.6 is 0 Å². The quantitative estimate of drug-likeness (QED) is 0.0615. The standard InChI is InChI=1S/C30H43NO6S.C10H15F.2C2H6/c1-4-24(11-9-12-27(30(35)36)28(33)22-32)15-13-23(2)14-20-29(34)31-26-18-16-25(17-19-26)10-7-5-6-8-21-38(3)37;1-2-4-9-5-3-6-10(11)8-7-9;2*1-2/h4,13,15-19,27,32H,1,5-12,14,20-22H2,2-3H3,(H,31,34)(H,35,36);5,7-8,10H,2-4,6H2,1H3;2*1-2H3/b23-13+,24-15+;;;. The molecule has 300 valence electrons. The molecule has 0 saturated carbocycles. The van der Waals surface area contributed by atoms with Gasteiger partial charge in [0.1, 0.15) is 18.7 Å². The number of rotatable bonds is 22. The summed E-state index contributed by atoms with van der Waals surface area (Å²) in [5.41, 5.74) is 5.25. The summed E-state index contributed by atoms with van der Waals surface area (Å²) < 4.78 is 23.8. The second kappa shape index (κ2) is 34.3. The van der Waals surface area contributed by atoms with Gasteiger partial charge < -0.3 is 15.5 Å². The molecule has 0 spiro atoms. The number of anilines is 1. The van der Waals surface area contributed by atoms with Crippen molar-refractivity contribution >= 4 is 34.1 Å². The topological polar surface area (TPSA) is 121 Å². The minimum atomic E-state index is -1.22. The van der Waals surface area contributed by atoms with E-state index >= 15 is 0 Å². The third-order valence-corrected chi connectivity index (χ3v) is 9.05. The van der Waals surface area contributed by atoms with Crippen molar-refractivity contribution in [3.63, 3.8) is 0 Å². The first kappa shape index (κ1) is 51.7. The van der Waals surface area contributed by atoms with Crippen molar-refractivity contribution in [3.8, 4) is 0 Å². The number of aliphatic hydroxyl groups excluding tert-OH is 1. The van der Waals surface area contributed by atoms with Crippen LogP contribution in [0.3, 0.4) is 0 Å². The van der Waals surface area contributed by atoms with Crippen molar-refractivity contribution in [1.29, 1.82) is 0 Å². The van der Waals surface area contributed by atoms with Gasteiger partial charge in [-0.15, -0.1) is 0 Å². The third-order valence-electron chi connectivity index (χ3n) is 8.18. The van der Waals surface area contributed by atoms with E-state index in [0.29, 0.717) is 32.1 Å². The van der Waals surface area contributed by atoms with E-state index < -0.39 is 41.2 Å². The maximum absolute atomic E-state index is 12.7. The molecular weight excluding hydrogens is 690 g/mol. The summed E-state index contributed by atoms with van der Waals surface area (Å²) in [6.07, 6.45) is 23.6. The molecular formula is C44H70FNO6S. The van der Waals surface area contributed by atoms with Crippen molar-refractivity contribution in [2.24, 2.45) is 5.92 Å². The largest absolute Gasteiger partial charge is 0.481 e. The number of carboxylic acid groups (broad SMARTS) is 1. The van der Waals surface area contributed by atoms with E-state index in [2.05, 4.69) is 24.9 Å². The molecule has 2 rings (SSSR count). The molecule has 1 aromatic carbocycles. The first-order valence-electron chi connectivity index (χ1n) is 19.5. The minimum absolute atomic E-state index is 0.0556. The number of hydrogen-bond donors (Lipinski definition) is 3. The summed E-state index contributed by atoms with van der Waals surface area (Å²) in [7, 11) is -0.702. The van der Waals surface area contributed by atoms with E-state index in [0.717, 1.165) is 74.0 Å². The van der Waals surface area contributed by atoms with Gasteiger partial charge >= 0.3 is 5.97 Å². The van der Waals surface area contributed by atoms with Gasteiger partial charge in [-0.3, -0.25) is 18.6 Å². The Bertz CT molecular complexity index is 1320. The van der Waals surface area contributed by atoms with E-state index in [-0.39, 0.29) is 12.3 Å². The Morgan fingerprint density at radius 1 is 0.981 bits per heavy atom. The summed E-state index contributed by atoms with van der Waals surface area (Å²) in [4.78, 5) is 35.1. The Morgan fingerprint density at radius 2 is 1.64 bits per heavy atom. The van der Waals surface area contributed by atoms with Gasteiger partial charge in [0, 0.05) is 34.9 Å². The molecule has 1 aromatic rings. The number of aliphatic hydroxyl groups is 1. The fourth-order valence-electron chi connectivity index (χ4n) is 5.20. The lowest BCUT2D eigenvalue weighted by Gasteiger charge is -2.09. The molecule has 0 heterocycles. The lowest BCUT2D eigenvalue weighted by molar-refractivity contribution is -0.147. The summed E-state index contributed by atoms with van der Waals surface area (Å²) in [5.74, 6) is -2.36. The number of nitrogens with one attached hydrogen (secondary N) is 1. The van der Waals surface area contributed by atoms with Gasteiger partial charge in [-0.2, -0.15) is 0 Å². The van der Waals surface area contributed by atoms with E-state index in [1.165, 1.54) is 11.1 Å². The number of halogens is 1. The van der Waals surface area contributed by atoms with Crippen LogP contribution in [0.4, 0.5) is 10.1 Å². The second-order valence-electron chi connectivity index (χ2n) is 12.5. The number of hydrogen-bond acceptors (Lipinski definition) is 5. The zero-order valence-corrected chi connectivity index (χ0v) is 34.6. The number of Topliss-reactive ketones (excluding diaryl/α,β-unsaturated/α-hetero) is 1. The number of aryl methyl sites for hydroxylation is 1. The van der Waals surface area contributed by atoms with Crippen LogP contribution in [0.5, 0.6) is 0 Å². The summed E-state index contributed by atoms with van der Waals surface area (Å²) in [6.45, 7) is 15.1. The molecule has 3 N–H and O–H groups in total. The highest BCUT2D eigenvalue weighted by Gasteiger charge is 2.24. The third kappa shape index (κ3) is 27.8. The molecule has 9 heteroatoms. The highest BCUT2D eigenvalue weighted by Crippen LogP contribution is 2.18. The lowest BCUT2D eigenvalue weighted by atomic mass is 9.96. The van der Waals surface area contributed by atoms with Crippen molar-refractivity contribution in [3.05, 3.63) is 89.6 Å². The average molecular weight is 760 g/mol. The van der Waals surface area contributed by atoms with Crippen LogP contribution in [0.15, 0.2) is 84.0 Å². The SMILES string of the molecule is C=C/C(=C\C=C(/C)CCC(=O)Nc1ccc(CCCCCCS(C)=O)cc1)CCCC(C(=O)O)C(=O)CO.CC.CC.CCCC1=CCCC(F)C=C1. The molecule has 0 radical (unpaired) electrons.